The molecule has 0 aliphatic carbocycles. The van der Waals surface area contributed by atoms with Gasteiger partial charge in [0.1, 0.15) is 0 Å². The van der Waals surface area contributed by atoms with Gasteiger partial charge < -0.3 is 5.32 Å². The van der Waals surface area contributed by atoms with Crippen LogP contribution in [0.4, 0.5) is 0 Å². The van der Waals surface area contributed by atoms with Gasteiger partial charge in [-0.2, -0.15) is 17.0 Å². The standard InChI is InChI=1S/C10H23N3O2S/c1-5-12(6-2)16(14,15)13-8-7-11-10(3,4)9-13/h11H,5-9H2,1-4H3. The fraction of sp³-hybridized carbons (Fsp3) is 1.00. The van der Waals surface area contributed by atoms with Crippen LogP contribution < -0.4 is 5.32 Å². The molecule has 6 heteroatoms. The van der Waals surface area contributed by atoms with Crippen molar-refractivity contribution in [3.8, 4) is 0 Å². The van der Waals surface area contributed by atoms with E-state index in [2.05, 4.69) is 5.32 Å². The molecule has 16 heavy (non-hydrogen) atoms. The smallest absolute Gasteiger partial charge is 0.282 e. The van der Waals surface area contributed by atoms with Crippen molar-refractivity contribution in [2.24, 2.45) is 0 Å². The Kier molecular flexibility index (Phi) is 4.34. The third kappa shape index (κ3) is 2.94. The molecule has 0 atom stereocenters. The Labute approximate surface area is 99.0 Å². The largest absolute Gasteiger partial charge is 0.309 e. The van der Waals surface area contributed by atoms with E-state index in [-0.39, 0.29) is 5.54 Å². The van der Waals surface area contributed by atoms with Crippen LogP contribution >= 0.6 is 0 Å². The lowest BCUT2D eigenvalue weighted by molar-refractivity contribution is 0.221. The molecule has 1 heterocycles. The summed E-state index contributed by atoms with van der Waals surface area (Å²) in [5.41, 5.74) is -0.140. The van der Waals surface area contributed by atoms with Crippen molar-refractivity contribution < 1.29 is 8.42 Å². The van der Waals surface area contributed by atoms with Gasteiger partial charge in [0.2, 0.25) is 0 Å². The monoisotopic (exact) mass is 249 g/mol. The summed E-state index contributed by atoms with van der Waals surface area (Å²) in [6, 6.07) is 0. The van der Waals surface area contributed by atoms with Gasteiger partial charge in [0.25, 0.3) is 10.2 Å². The first kappa shape index (κ1) is 13.9. The molecular formula is C10H23N3O2S. The van der Waals surface area contributed by atoms with Gasteiger partial charge in [-0.1, -0.05) is 13.8 Å². The van der Waals surface area contributed by atoms with Gasteiger partial charge in [0.15, 0.2) is 0 Å². The third-order valence-electron chi connectivity index (χ3n) is 2.89. The Bertz CT molecular complexity index is 323. The number of nitrogens with zero attached hydrogens (tertiary/aromatic N) is 2. The van der Waals surface area contributed by atoms with Crippen LogP contribution in [0, 0.1) is 0 Å². The van der Waals surface area contributed by atoms with E-state index in [1.54, 1.807) is 4.31 Å². The summed E-state index contributed by atoms with van der Waals surface area (Å²) in [5, 5.41) is 3.31. The highest BCUT2D eigenvalue weighted by molar-refractivity contribution is 7.86. The van der Waals surface area contributed by atoms with Crippen LogP contribution in [0.1, 0.15) is 27.7 Å². The molecule has 0 aromatic carbocycles. The molecule has 0 unspecified atom stereocenters. The van der Waals surface area contributed by atoms with E-state index in [0.29, 0.717) is 32.7 Å². The van der Waals surface area contributed by atoms with Crippen molar-refractivity contribution in [3.63, 3.8) is 0 Å². The van der Waals surface area contributed by atoms with Crippen LogP contribution in [0.25, 0.3) is 0 Å². The zero-order valence-corrected chi connectivity index (χ0v) is 11.5. The lowest BCUT2D eigenvalue weighted by Crippen LogP contribution is -2.60. The zero-order chi connectivity index (χ0) is 12.4. The summed E-state index contributed by atoms with van der Waals surface area (Å²) in [4.78, 5) is 0. The number of hydrogen-bond donors (Lipinski definition) is 1. The predicted molar refractivity (Wildman–Crippen MR) is 65.5 cm³/mol. The molecule has 1 fully saturated rings. The Balaban J connectivity index is 2.83. The van der Waals surface area contributed by atoms with Crippen molar-refractivity contribution in [3.05, 3.63) is 0 Å². The molecule has 1 N–H and O–H groups in total. The summed E-state index contributed by atoms with van der Waals surface area (Å²) in [7, 11) is -3.27. The van der Waals surface area contributed by atoms with E-state index >= 15 is 0 Å². The number of hydrogen-bond acceptors (Lipinski definition) is 3. The Morgan fingerprint density at radius 3 is 2.31 bits per heavy atom. The van der Waals surface area contributed by atoms with Crippen molar-refractivity contribution >= 4 is 10.2 Å². The predicted octanol–water partition coefficient (Wildman–Crippen LogP) is 0.257. The molecule has 0 bridgehead atoms. The summed E-state index contributed by atoms with van der Waals surface area (Å²) in [6.45, 7) is 10.7. The number of nitrogens with one attached hydrogen (secondary N) is 1. The number of piperazine rings is 1. The lowest BCUT2D eigenvalue weighted by atomic mass is 10.0. The van der Waals surface area contributed by atoms with Gasteiger partial charge in [0.05, 0.1) is 0 Å². The molecule has 1 aliphatic rings. The SMILES string of the molecule is CCN(CC)S(=O)(=O)N1CCNC(C)(C)C1. The topological polar surface area (TPSA) is 52.7 Å². The Morgan fingerprint density at radius 1 is 1.31 bits per heavy atom. The molecule has 0 aromatic heterocycles. The van der Waals surface area contributed by atoms with Gasteiger partial charge >= 0.3 is 0 Å². The van der Waals surface area contributed by atoms with Crippen LogP contribution in [0.5, 0.6) is 0 Å². The molecule has 0 aromatic rings. The fourth-order valence-corrected chi connectivity index (χ4v) is 3.79. The van der Waals surface area contributed by atoms with Crippen LogP contribution in [0.15, 0.2) is 0 Å². The minimum absolute atomic E-state index is 0.140. The van der Waals surface area contributed by atoms with Gasteiger partial charge in [-0.05, 0) is 13.8 Å². The van der Waals surface area contributed by atoms with E-state index in [0.717, 1.165) is 0 Å². The van der Waals surface area contributed by atoms with Gasteiger partial charge in [0, 0.05) is 38.3 Å². The zero-order valence-electron chi connectivity index (χ0n) is 10.7. The molecule has 1 saturated heterocycles. The summed E-state index contributed by atoms with van der Waals surface area (Å²) < 4.78 is 27.6. The maximum Gasteiger partial charge on any atom is 0.282 e. The van der Waals surface area contributed by atoms with Gasteiger partial charge in [-0.15, -0.1) is 0 Å². The Hall–Kier alpha value is -0.170. The quantitative estimate of drug-likeness (QED) is 0.777. The molecule has 0 amide bonds. The molecule has 0 spiro atoms. The van der Waals surface area contributed by atoms with Crippen LogP contribution in [-0.2, 0) is 10.2 Å². The second-order valence-electron chi connectivity index (χ2n) is 4.74. The molecule has 1 aliphatic heterocycles. The number of rotatable bonds is 4. The molecule has 0 saturated carbocycles. The first-order valence-electron chi connectivity index (χ1n) is 5.83. The highest BCUT2D eigenvalue weighted by Crippen LogP contribution is 2.16. The molecular weight excluding hydrogens is 226 g/mol. The maximum absolute atomic E-state index is 12.3. The lowest BCUT2D eigenvalue weighted by Gasteiger charge is -2.40. The second kappa shape index (κ2) is 5.00. The van der Waals surface area contributed by atoms with Crippen LogP contribution in [-0.4, -0.2) is 55.3 Å². The van der Waals surface area contributed by atoms with Crippen molar-refractivity contribution in [1.29, 1.82) is 0 Å². The highest BCUT2D eigenvalue weighted by atomic mass is 32.2. The van der Waals surface area contributed by atoms with Gasteiger partial charge in [-0.3, -0.25) is 0 Å². The van der Waals surface area contributed by atoms with Crippen LogP contribution in [0.2, 0.25) is 0 Å². The first-order valence-corrected chi connectivity index (χ1v) is 7.23. The molecule has 5 nitrogen and oxygen atoms in total. The third-order valence-corrected chi connectivity index (χ3v) is 5.03. The molecule has 1 rings (SSSR count). The molecule has 0 radical (unpaired) electrons. The van der Waals surface area contributed by atoms with E-state index < -0.39 is 10.2 Å². The van der Waals surface area contributed by atoms with E-state index in [1.165, 1.54) is 4.31 Å². The normalized spacial score (nSPS) is 22.6. The van der Waals surface area contributed by atoms with E-state index in [9.17, 15) is 8.42 Å². The summed E-state index contributed by atoms with van der Waals surface area (Å²) in [5.74, 6) is 0. The Morgan fingerprint density at radius 2 is 1.88 bits per heavy atom. The minimum atomic E-state index is -3.27. The second-order valence-corrected chi connectivity index (χ2v) is 6.66. The van der Waals surface area contributed by atoms with Crippen molar-refractivity contribution in [2.75, 3.05) is 32.7 Å². The average molecular weight is 249 g/mol. The first-order chi connectivity index (χ1) is 7.33. The van der Waals surface area contributed by atoms with E-state index in [4.69, 9.17) is 0 Å². The summed E-state index contributed by atoms with van der Waals surface area (Å²) in [6.07, 6.45) is 0. The summed E-state index contributed by atoms with van der Waals surface area (Å²) >= 11 is 0. The van der Waals surface area contributed by atoms with Crippen LogP contribution in [0.3, 0.4) is 0 Å². The minimum Gasteiger partial charge on any atom is -0.309 e. The highest BCUT2D eigenvalue weighted by Gasteiger charge is 2.35. The fourth-order valence-electron chi connectivity index (χ4n) is 2.00. The van der Waals surface area contributed by atoms with Crippen molar-refractivity contribution in [2.45, 2.75) is 33.2 Å². The average Bonchev–Trinajstić information content (AvgIpc) is 2.17. The van der Waals surface area contributed by atoms with E-state index in [1.807, 2.05) is 27.7 Å². The molecule has 96 valence electrons. The maximum atomic E-state index is 12.3. The van der Waals surface area contributed by atoms with Crippen molar-refractivity contribution in [1.82, 2.24) is 13.9 Å². The van der Waals surface area contributed by atoms with Gasteiger partial charge in [-0.25, -0.2) is 0 Å².